The van der Waals surface area contributed by atoms with Crippen molar-refractivity contribution in [2.45, 2.75) is 6.42 Å². The van der Waals surface area contributed by atoms with E-state index in [-0.39, 0.29) is 66.3 Å². The van der Waals surface area contributed by atoms with Crippen molar-refractivity contribution in [2.75, 3.05) is 19.8 Å². The van der Waals surface area contributed by atoms with E-state index in [1.807, 2.05) is 0 Å². The van der Waals surface area contributed by atoms with E-state index in [9.17, 15) is 0 Å². The van der Waals surface area contributed by atoms with Crippen molar-refractivity contribution in [1.29, 1.82) is 0 Å². The molecule has 0 aliphatic heterocycles. The smallest absolute Gasteiger partial charge is 1.00 e. The summed E-state index contributed by atoms with van der Waals surface area (Å²) in [6.45, 7) is -0.0556. The zero-order valence-electron chi connectivity index (χ0n) is 7.45. The van der Waals surface area contributed by atoms with Gasteiger partial charge in [0.2, 0.25) is 0 Å². The Kier molecular flexibility index (Phi) is 13.0. The zero-order chi connectivity index (χ0) is 6.41. The van der Waals surface area contributed by atoms with E-state index in [1.54, 1.807) is 0 Å². The van der Waals surface area contributed by atoms with Crippen LogP contribution in [0.5, 0.6) is 0 Å². The maximum absolute atomic E-state index is 8.39. The Hall–Kier alpha value is 1.14. The van der Waals surface area contributed by atoms with Gasteiger partial charge in [-0.1, -0.05) is 0 Å². The minimum Gasteiger partial charge on any atom is -1.00 e. The molecule has 3 N–H and O–H groups in total. The van der Waals surface area contributed by atoms with Crippen LogP contribution in [-0.2, 0) is 0 Å². The third-order valence-electron chi connectivity index (χ3n) is 1.05. The zero-order valence-corrected chi connectivity index (χ0v) is 7.66. The first-order valence-electron chi connectivity index (χ1n) is 2.67. The summed E-state index contributed by atoms with van der Waals surface area (Å²) in [4.78, 5) is 0. The Morgan fingerprint density at radius 2 is 1.56 bits per heavy atom. The summed E-state index contributed by atoms with van der Waals surface area (Å²) >= 11 is 0. The molecule has 0 aromatic heterocycles. The van der Waals surface area contributed by atoms with Crippen LogP contribution in [0.3, 0.4) is 0 Å². The van der Waals surface area contributed by atoms with Gasteiger partial charge in [-0.15, -0.1) is 0 Å². The molecule has 3 nitrogen and oxygen atoms in total. The van der Waals surface area contributed by atoms with Gasteiger partial charge in [-0.05, 0) is 6.42 Å². The van der Waals surface area contributed by atoms with Crippen molar-refractivity contribution in [3.05, 3.63) is 0 Å². The minimum atomic E-state index is -0.139. The van der Waals surface area contributed by atoms with Crippen LogP contribution in [0.4, 0.5) is 0 Å². The molecule has 0 atom stereocenters. The summed E-state index contributed by atoms with van der Waals surface area (Å²) in [5, 5.41) is 25.0. The molecule has 0 rings (SSSR count). The Bertz CT molecular complexity index is 55.0. The molecule has 54 valence electrons. The number of rotatable bonds is 4. The van der Waals surface area contributed by atoms with Gasteiger partial charge in [0.1, 0.15) is 0 Å². The minimum absolute atomic E-state index is 0. The van der Waals surface area contributed by atoms with Crippen LogP contribution in [-0.4, -0.2) is 72.9 Å². The first-order chi connectivity index (χ1) is 3.85. The van der Waals surface area contributed by atoms with E-state index in [2.05, 4.69) is 0 Å². The van der Waals surface area contributed by atoms with Crippen LogP contribution in [0.25, 0.3) is 0 Å². The molecule has 0 aromatic rings. The van der Waals surface area contributed by atoms with E-state index >= 15 is 0 Å². The summed E-state index contributed by atoms with van der Waals surface area (Å²) in [5.74, 6) is -0.139. The second kappa shape index (κ2) is 9.14. The number of hydrogen-bond donors (Lipinski definition) is 3. The van der Waals surface area contributed by atoms with Crippen molar-refractivity contribution in [1.82, 2.24) is 0 Å². The summed E-state index contributed by atoms with van der Waals surface area (Å²) in [6, 6.07) is 0. The van der Waals surface area contributed by atoms with E-state index in [0.29, 0.717) is 6.42 Å². The monoisotopic (exact) mass is 162 g/mol. The van der Waals surface area contributed by atoms with Gasteiger partial charge in [0.25, 0.3) is 0 Å². The third kappa shape index (κ3) is 7.03. The SMILES string of the molecule is OCCC(CO)CO.[Ca+2].[H-].[H-]. The topological polar surface area (TPSA) is 60.7 Å². The van der Waals surface area contributed by atoms with Gasteiger partial charge >= 0.3 is 37.7 Å². The molecule has 0 saturated carbocycles. The Morgan fingerprint density at radius 3 is 1.67 bits per heavy atom. The molecule has 0 unspecified atom stereocenters. The second-order valence-corrected chi connectivity index (χ2v) is 1.74. The molecule has 0 aromatic carbocycles. The van der Waals surface area contributed by atoms with Crippen molar-refractivity contribution < 1.29 is 18.2 Å². The Balaban J connectivity index is -0.0000000817. The van der Waals surface area contributed by atoms with Gasteiger partial charge < -0.3 is 18.2 Å². The Labute approximate surface area is 87.7 Å². The summed E-state index contributed by atoms with van der Waals surface area (Å²) in [7, 11) is 0. The summed E-state index contributed by atoms with van der Waals surface area (Å²) in [6.07, 6.45) is 0.479. The van der Waals surface area contributed by atoms with Gasteiger partial charge in [0.05, 0.1) is 0 Å². The quantitative estimate of drug-likeness (QED) is 0.456. The average molecular weight is 162 g/mol. The third-order valence-corrected chi connectivity index (χ3v) is 1.05. The molecule has 0 amide bonds. The molecule has 0 heterocycles. The van der Waals surface area contributed by atoms with Crippen LogP contribution >= 0.6 is 0 Å². The molecule has 0 spiro atoms. The van der Waals surface area contributed by atoms with Crippen molar-refractivity contribution in [2.24, 2.45) is 5.92 Å². The van der Waals surface area contributed by atoms with E-state index < -0.39 is 0 Å². The van der Waals surface area contributed by atoms with Gasteiger partial charge in [0, 0.05) is 25.7 Å². The predicted octanol–water partition coefficient (Wildman–Crippen LogP) is -1.19. The first-order valence-corrected chi connectivity index (χ1v) is 2.67. The van der Waals surface area contributed by atoms with Crippen LogP contribution in [0.1, 0.15) is 9.27 Å². The fourth-order valence-electron chi connectivity index (χ4n) is 0.423. The predicted molar refractivity (Wildman–Crippen MR) is 37.3 cm³/mol. The fraction of sp³-hybridized carbons (Fsp3) is 1.00. The molecule has 0 fully saturated rings. The largest absolute Gasteiger partial charge is 2.00 e. The van der Waals surface area contributed by atoms with Gasteiger partial charge in [-0.2, -0.15) is 0 Å². The normalized spacial score (nSPS) is 9.33. The maximum atomic E-state index is 8.39. The van der Waals surface area contributed by atoms with Crippen LogP contribution in [0.2, 0.25) is 0 Å². The second-order valence-electron chi connectivity index (χ2n) is 1.74. The number of hydrogen-bond acceptors (Lipinski definition) is 3. The molecule has 9 heavy (non-hydrogen) atoms. The fourth-order valence-corrected chi connectivity index (χ4v) is 0.423. The molecule has 0 radical (unpaired) electrons. The Morgan fingerprint density at radius 1 is 1.11 bits per heavy atom. The molecule has 0 saturated heterocycles. The van der Waals surface area contributed by atoms with Crippen molar-refractivity contribution in [3.63, 3.8) is 0 Å². The van der Waals surface area contributed by atoms with Gasteiger partial charge in [-0.25, -0.2) is 0 Å². The molecular formula is C5H14CaO3. The maximum Gasteiger partial charge on any atom is 2.00 e. The molecule has 4 heteroatoms. The standard InChI is InChI=1S/C5H12O3.Ca.2H/c6-2-1-5(3-7)4-8;;;/h5-8H,1-4H2;;;/q;+2;2*-1. The molecule has 0 bridgehead atoms. The van der Waals surface area contributed by atoms with Gasteiger partial charge in [0.15, 0.2) is 0 Å². The van der Waals surface area contributed by atoms with Crippen LogP contribution in [0.15, 0.2) is 0 Å². The van der Waals surface area contributed by atoms with Gasteiger partial charge in [-0.3, -0.25) is 0 Å². The summed E-state index contributed by atoms with van der Waals surface area (Å²) in [5.41, 5.74) is 0. The molecule has 0 aliphatic carbocycles. The van der Waals surface area contributed by atoms with E-state index in [4.69, 9.17) is 15.3 Å². The van der Waals surface area contributed by atoms with Crippen LogP contribution < -0.4 is 0 Å². The van der Waals surface area contributed by atoms with Crippen molar-refractivity contribution in [3.8, 4) is 0 Å². The molecular weight excluding hydrogens is 148 g/mol. The number of aliphatic hydroxyl groups is 3. The average Bonchev–Trinajstić information content (AvgIpc) is 1.83. The first kappa shape index (κ1) is 12.8. The van der Waals surface area contributed by atoms with Crippen molar-refractivity contribution >= 4 is 37.7 Å². The van der Waals surface area contributed by atoms with E-state index in [1.165, 1.54) is 0 Å². The molecule has 0 aliphatic rings. The number of aliphatic hydroxyl groups excluding tert-OH is 3. The van der Waals surface area contributed by atoms with Crippen LogP contribution in [0, 0.1) is 5.92 Å². The van der Waals surface area contributed by atoms with E-state index in [0.717, 1.165) is 0 Å². The summed E-state index contributed by atoms with van der Waals surface area (Å²) < 4.78 is 0.